The molecule has 166 valence electrons. The Bertz CT molecular complexity index is 730. The second-order valence-electron chi connectivity index (χ2n) is 8.07. The molecular weight excluding hydrogens is 493 g/mol. The molecule has 2 amide bonds. The number of hydrogen-bond acceptors (Lipinski definition) is 3. The lowest BCUT2D eigenvalue weighted by Crippen LogP contribution is -2.49. The van der Waals surface area contributed by atoms with E-state index in [-0.39, 0.29) is 42.3 Å². The zero-order chi connectivity index (χ0) is 20.6. The molecule has 0 unspecified atom stereocenters. The van der Waals surface area contributed by atoms with Crippen LogP contribution in [0.1, 0.15) is 55.5 Å². The minimum Gasteiger partial charge on any atom is -0.357 e. The van der Waals surface area contributed by atoms with Crippen molar-refractivity contribution in [2.75, 3.05) is 26.2 Å². The molecule has 0 atom stereocenters. The van der Waals surface area contributed by atoms with Crippen molar-refractivity contribution in [1.29, 1.82) is 0 Å². The van der Waals surface area contributed by atoms with Crippen LogP contribution in [0.5, 0.6) is 0 Å². The number of piperazine rings is 1. The monoisotopic (exact) mass is 527 g/mol. The molecule has 1 saturated carbocycles. The molecule has 0 radical (unpaired) electrons. The molecular formula is C22H34IN5O2. The van der Waals surface area contributed by atoms with Gasteiger partial charge in [-0.25, -0.2) is 4.99 Å². The van der Waals surface area contributed by atoms with Crippen molar-refractivity contribution in [2.45, 2.75) is 52.1 Å². The number of amides is 2. The minimum atomic E-state index is -0.105. The van der Waals surface area contributed by atoms with Crippen LogP contribution in [0, 0.1) is 5.92 Å². The van der Waals surface area contributed by atoms with Gasteiger partial charge in [0.05, 0.1) is 13.1 Å². The van der Waals surface area contributed by atoms with Crippen LogP contribution in [0.4, 0.5) is 0 Å². The first-order valence-corrected chi connectivity index (χ1v) is 10.7. The molecule has 3 rings (SSSR count). The first-order chi connectivity index (χ1) is 14.0. The Hall–Kier alpha value is -1.84. The van der Waals surface area contributed by atoms with Crippen LogP contribution < -0.4 is 16.0 Å². The standard InChI is InChI=1S/C22H33N5O2.HI/c1-3-23-22(26-19-10-4-16(2)5-11-19)25-14-17-6-8-18(9-7-17)21(29)27-13-12-24-20(28)15-27;/h6-9,16,19H,3-5,10-15H2,1-2H3,(H,24,28)(H2,23,25,26);1H. The number of guanidine groups is 1. The number of rotatable bonds is 5. The first-order valence-electron chi connectivity index (χ1n) is 10.7. The molecule has 1 aliphatic carbocycles. The van der Waals surface area contributed by atoms with Crippen molar-refractivity contribution in [1.82, 2.24) is 20.9 Å². The van der Waals surface area contributed by atoms with Crippen LogP contribution in [0.2, 0.25) is 0 Å². The van der Waals surface area contributed by atoms with Gasteiger partial charge in [-0.2, -0.15) is 0 Å². The maximum atomic E-state index is 12.6. The quantitative estimate of drug-likeness (QED) is 0.312. The lowest BCUT2D eigenvalue weighted by molar-refractivity contribution is -0.123. The predicted molar refractivity (Wildman–Crippen MR) is 130 cm³/mol. The Morgan fingerprint density at radius 3 is 2.53 bits per heavy atom. The average molecular weight is 527 g/mol. The molecule has 1 saturated heterocycles. The van der Waals surface area contributed by atoms with Gasteiger partial charge < -0.3 is 20.9 Å². The summed E-state index contributed by atoms with van der Waals surface area (Å²) in [5.41, 5.74) is 1.65. The third-order valence-corrected chi connectivity index (χ3v) is 5.65. The Morgan fingerprint density at radius 1 is 1.20 bits per heavy atom. The van der Waals surface area contributed by atoms with Gasteiger partial charge in [0.1, 0.15) is 0 Å². The van der Waals surface area contributed by atoms with Crippen molar-refractivity contribution in [2.24, 2.45) is 10.9 Å². The summed E-state index contributed by atoms with van der Waals surface area (Å²) in [7, 11) is 0. The van der Waals surface area contributed by atoms with E-state index in [2.05, 4.69) is 29.8 Å². The first kappa shape index (κ1) is 24.4. The van der Waals surface area contributed by atoms with E-state index in [1.54, 1.807) is 4.90 Å². The number of halogens is 1. The van der Waals surface area contributed by atoms with Crippen LogP contribution in [0.25, 0.3) is 0 Å². The van der Waals surface area contributed by atoms with Gasteiger partial charge in [-0.15, -0.1) is 24.0 Å². The van der Waals surface area contributed by atoms with Gasteiger partial charge in [-0.1, -0.05) is 19.1 Å². The van der Waals surface area contributed by atoms with Crippen molar-refractivity contribution >= 4 is 41.8 Å². The molecule has 2 fully saturated rings. The highest BCUT2D eigenvalue weighted by Gasteiger charge is 2.22. The maximum Gasteiger partial charge on any atom is 0.254 e. The van der Waals surface area contributed by atoms with Gasteiger partial charge in [0.15, 0.2) is 5.96 Å². The highest BCUT2D eigenvalue weighted by atomic mass is 127. The summed E-state index contributed by atoms with van der Waals surface area (Å²) in [6.07, 6.45) is 4.92. The summed E-state index contributed by atoms with van der Waals surface area (Å²) in [6, 6.07) is 8.01. The lowest BCUT2D eigenvalue weighted by Gasteiger charge is -2.28. The van der Waals surface area contributed by atoms with E-state index in [9.17, 15) is 9.59 Å². The fourth-order valence-corrected chi connectivity index (χ4v) is 3.84. The van der Waals surface area contributed by atoms with Gasteiger partial charge >= 0.3 is 0 Å². The topological polar surface area (TPSA) is 85.8 Å². The number of aliphatic imine (C=N–C) groups is 1. The molecule has 1 aromatic carbocycles. The molecule has 0 bridgehead atoms. The molecule has 0 spiro atoms. The predicted octanol–water partition coefficient (Wildman–Crippen LogP) is 2.51. The second kappa shape index (κ2) is 12.1. The second-order valence-corrected chi connectivity index (χ2v) is 8.07. The van der Waals surface area contributed by atoms with Gasteiger partial charge in [0.2, 0.25) is 5.91 Å². The summed E-state index contributed by atoms with van der Waals surface area (Å²) in [6.45, 7) is 6.96. The number of benzene rings is 1. The highest BCUT2D eigenvalue weighted by Crippen LogP contribution is 2.23. The maximum absolute atomic E-state index is 12.6. The van der Waals surface area contributed by atoms with Gasteiger partial charge in [0, 0.05) is 31.2 Å². The van der Waals surface area contributed by atoms with Gasteiger partial charge in [-0.05, 0) is 56.2 Å². The molecule has 8 heteroatoms. The zero-order valence-electron chi connectivity index (χ0n) is 17.9. The van der Waals surface area contributed by atoms with Crippen LogP contribution in [-0.2, 0) is 11.3 Å². The van der Waals surface area contributed by atoms with Gasteiger partial charge in [0.25, 0.3) is 5.91 Å². The van der Waals surface area contributed by atoms with E-state index >= 15 is 0 Å². The smallest absolute Gasteiger partial charge is 0.254 e. The normalized spacial score (nSPS) is 22.0. The fourth-order valence-electron chi connectivity index (χ4n) is 3.84. The highest BCUT2D eigenvalue weighted by molar-refractivity contribution is 14.0. The number of nitrogens with zero attached hydrogens (tertiary/aromatic N) is 2. The third kappa shape index (κ3) is 7.14. The van der Waals surface area contributed by atoms with Crippen LogP contribution in [0.15, 0.2) is 29.3 Å². The number of carbonyl (C=O) groups is 2. The minimum absolute atomic E-state index is 0. The molecule has 3 N–H and O–H groups in total. The van der Waals surface area contributed by atoms with Crippen LogP contribution in [0.3, 0.4) is 0 Å². The van der Waals surface area contributed by atoms with Gasteiger partial charge in [-0.3, -0.25) is 9.59 Å². The Balaban J connectivity index is 0.00000320. The fraction of sp³-hybridized carbons (Fsp3) is 0.591. The molecule has 1 aromatic rings. The van der Waals surface area contributed by atoms with Crippen molar-refractivity contribution < 1.29 is 9.59 Å². The number of nitrogens with one attached hydrogen (secondary N) is 3. The summed E-state index contributed by atoms with van der Waals surface area (Å²) < 4.78 is 0. The summed E-state index contributed by atoms with van der Waals surface area (Å²) in [5, 5.41) is 9.63. The van der Waals surface area contributed by atoms with E-state index in [1.807, 2.05) is 24.3 Å². The van der Waals surface area contributed by atoms with Crippen molar-refractivity contribution in [3.63, 3.8) is 0 Å². The Kier molecular flexibility index (Phi) is 9.87. The largest absolute Gasteiger partial charge is 0.357 e. The summed E-state index contributed by atoms with van der Waals surface area (Å²) >= 11 is 0. The van der Waals surface area contributed by atoms with Crippen LogP contribution >= 0.6 is 24.0 Å². The van der Waals surface area contributed by atoms with Crippen LogP contribution in [-0.4, -0.2) is 54.9 Å². The SMILES string of the molecule is CCNC(=NCc1ccc(C(=O)N2CCNC(=O)C2)cc1)NC1CCC(C)CC1.I. The van der Waals surface area contributed by atoms with E-state index in [4.69, 9.17) is 4.99 Å². The Labute approximate surface area is 196 Å². The van der Waals surface area contributed by atoms with E-state index in [0.29, 0.717) is 31.2 Å². The number of carbonyl (C=O) groups excluding carboxylic acids is 2. The zero-order valence-corrected chi connectivity index (χ0v) is 20.3. The molecule has 1 aliphatic heterocycles. The average Bonchev–Trinajstić information content (AvgIpc) is 2.73. The van der Waals surface area contributed by atoms with Crippen molar-refractivity contribution in [3.05, 3.63) is 35.4 Å². The molecule has 30 heavy (non-hydrogen) atoms. The molecule has 1 heterocycles. The molecule has 0 aromatic heterocycles. The number of hydrogen-bond donors (Lipinski definition) is 3. The van der Waals surface area contributed by atoms with E-state index in [0.717, 1.165) is 24.0 Å². The van der Waals surface area contributed by atoms with E-state index in [1.165, 1.54) is 25.7 Å². The summed E-state index contributed by atoms with van der Waals surface area (Å²) in [4.78, 5) is 30.3. The van der Waals surface area contributed by atoms with Crippen molar-refractivity contribution in [3.8, 4) is 0 Å². The Morgan fingerprint density at radius 2 is 1.90 bits per heavy atom. The summed E-state index contributed by atoms with van der Waals surface area (Å²) in [5.74, 6) is 1.47. The lowest BCUT2D eigenvalue weighted by atomic mass is 9.87. The third-order valence-electron chi connectivity index (χ3n) is 5.65. The van der Waals surface area contributed by atoms with E-state index < -0.39 is 0 Å². The molecule has 2 aliphatic rings. The molecule has 7 nitrogen and oxygen atoms in total.